The molecule has 0 radical (unpaired) electrons. The largest absolute Gasteiger partial charge is 0.465 e. The van der Waals surface area contributed by atoms with Crippen LogP contribution in [-0.4, -0.2) is 30.8 Å². The van der Waals surface area contributed by atoms with Crippen LogP contribution in [0.5, 0.6) is 0 Å². The molecule has 132 valence electrons. The molecule has 1 rings (SSSR count). The summed E-state index contributed by atoms with van der Waals surface area (Å²) in [5.74, 6) is -1.03. The molecule has 1 amide bonds. The first-order valence-electron chi connectivity index (χ1n) is 8.29. The van der Waals surface area contributed by atoms with E-state index in [1.807, 2.05) is 26.0 Å². The number of allylic oxidation sites excluding steroid dienone is 5. The molecule has 1 fully saturated rings. The highest BCUT2D eigenvalue weighted by atomic mass is 16.5. The van der Waals surface area contributed by atoms with Crippen LogP contribution >= 0.6 is 0 Å². The maximum atomic E-state index is 12.3. The van der Waals surface area contributed by atoms with Gasteiger partial charge >= 0.3 is 5.97 Å². The minimum Gasteiger partial charge on any atom is -0.465 e. The van der Waals surface area contributed by atoms with Crippen molar-refractivity contribution in [2.24, 2.45) is 5.41 Å². The van der Waals surface area contributed by atoms with Crippen LogP contribution in [0.3, 0.4) is 0 Å². The van der Waals surface area contributed by atoms with Crippen molar-refractivity contribution >= 4 is 17.7 Å². The Morgan fingerprint density at radius 3 is 2.33 bits per heavy atom. The average molecular weight is 333 g/mol. The quantitative estimate of drug-likeness (QED) is 0.400. The van der Waals surface area contributed by atoms with E-state index in [2.05, 4.69) is 11.9 Å². The van der Waals surface area contributed by atoms with Crippen molar-refractivity contribution in [3.8, 4) is 0 Å². The summed E-state index contributed by atoms with van der Waals surface area (Å²) in [4.78, 5) is 36.4. The van der Waals surface area contributed by atoms with Gasteiger partial charge in [0, 0.05) is 6.42 Å². The third-order valence-electron chi connectivity index (χ3n) is 4.05. The van der Waals surface area contributed by atoms with Gasteiger partial charge in [0.2, 0.25) is 5.91 Å². The average Bonchev–Trinajstić information content (AvgIpc) is 2.48. The lowest BCUT2D eigenvalue weighted by atomic mass is 9.68. The summed E-state index contributed by atoms with van der Waals surface area (Å²) in [6, 6.07) is 0. The molecular weight excluding hydrogens is 306 g/mol. The van der Waals surface area contributed by atoms with Gasteiger partial charge in [-0.2, -0.15) is 0 Å². The van der Waals surface area contributed by atoms with Crippen molar-refractivity contribution in [1.82, 2.24) is 5.32 Å². The van der Waals surface area contributed by atoms with E-state index in [9.17, 15) is 14.4 Å². The minimum atomic E-state index is -1.10. The van der Waals surface area contributed by atoms with E-state index in [-0.39, 0.29) is 25.4 Å². The third-order valence-corrected chi connectivity index (χ3v) is 4.05. The van der Waals surface area contributed by atoms with Crippen LogP contribution in [0, 0.1) is 5.41 Å². The fourth-order valence-corrected chi connectivity index (χ4v) is 2.43. The second-order valence-electron chi connectivity index (χ2n) is 6.24. The normalized spacial score (nSPS) is 15.7. The predicted molar refractivity (Wildman–Crippen MR) is 93.3 cm³/mol. The number of ketones is 1. The number of ether oxygens (including phenoxy) is 1. The SMILES string of the molecule is C=C/C(=C\C=C(C)C)CC(=O)CNC(=O)C1(C(=O)OCC)CCC1. The van der Waals surface area contributed by atoms with Gasteiger partial charge in [-0.25, -0.2) is 0 Å². The fraction of sp³-hybridized carbons (Fsp3) is 0.526. The van der Waals surface area contributed by atoms with Crippen molar-refractivity contribution in [1.29, 1.82) is 0 Å². The first kappa shape index (κ1) is 19.9. The fourth-order valence-electron chi connectivity index (χ4n) is 2.43. The van der Waals surface area contributed by atoms with Gasteiger partial charge in [-0.3, -0.25) is 14.4 Å². The molecule has 0 atom stereocenters. The summed E-state index contributed by atoms with van der Waals surface area (Å²) < 4.78 is 5.00. The van der Waals surface area contributed by atoms with E-state index >= 15 is 0 Å². The minimum absolute atomic E-state index is 0.0972. The third kappa shape index (κ3) is 5.18. The lowest BCUT2D eigenvalue weighted by molar-refractivity contribution is -0.167. The molecule has 1 aliphatic carbocycles. The zero-order valence-electron chi connectivity index (χ0n) is 14.8. The van der Waals surface area contributed by atoms with E-state index in [1.165, 1.54) is 0 Å². The summed E-state index contributed by atoms with van der Waals surface area (Å²) >= 11 is 0. The van der Waals surface area contributed by atoms with Crippen LogP contribution in [0.15, 0.2) is 36.0 Å². The molecule has 24 heavy (non-hydrogen) atoms. The number of Topliss-reactive ketones (excluding diaryl/α,β-unsaturated/α-hetero) is 1. The molecule has 0 aromatic rings. The molecule has 1 saturated carbocycles. The lowest BCUT2D eigenvalue weighted by Crippen LogP contribution is -2.52. The Kier molecular flexibility index (Phi) is 7.62. The number of nitrogens with one attached hydrogen (secondary N) is 1. The zero-order valence-corrected chi connectivity index (χ0v) is 14.8. The molecule has 0 spiro atoms. The van der Waals surface area contributed by atoms with Gasteiger partial charge in [0.25, 0.3) is 0 Å². The molecule has 5 nitrogen and oxygen atoms in total. The molecule has 0 bridgehead atoms. The van der Waals surface area contributed by atoms with Gasteiger partial charge in [-0.05, 0) is 39.2 Å². The van der Waals surface area contributed by atoms with E-state index in [4.69, 9.17) is 4.74 Å². The van der Waals surface area contributed by atoms with Crippen LogP contribution in [0.1, 0.15) is 46.5 Å². The Labute approximate surface area is 143 Å². The maximum absolute atomic E-state index is 12.3. The van der Waals surface area contributed by atoms with E-state index in [0.29, 0.717) is 12.8 Å². The highest BCUT2D eigenvalue weighted by molar-refractivity contribution is 6.04. The zero-order chi connectivity index (χ0) is 18.2. The highest BCUT2D eigenvalue weighted by Gasteiger charge is 2.52. The summed E-state index contributed by atoms with van der Waals surface area (Å²) in [5.41, 5.74) is 0.811. The number of hydrogen-bond acceptors (Lipinski definition) is 4. The van der Waals surface area contributed by atoms with Gasteiger partial charge in [-0.1, -0.05) is 36.8 Å². The second-order valence-corrected chi connectivity index (χ2v) is 6.24. The first-order valence-corrected chi connectivity index (χ1v) is 8.29. The molecular formula is C19H27NO4. The lowest BCUT2D eigenvalue weighted by Gasteiger charge is -2.37. The summed E-state index contributed by atoms with van der Waals surface area (Å²) in [6.07, 6.45) is 7.34. The van der Waals surface area contributed by atoms with Gasteiger partial charge < -0.3 is 10.1 Å². The van der Waals surface area contributed by atoms with Crippen molar-refractivity contribution in [3.63, 3.8) is 0 Å². The molecule has 1 N–H and O–H groups in total. The predicted octanol–water partition coefficient (Wildman–Crippen LogP) is 2.87. The number of rotatable bonds is 9. The van der Waals surface area contributed by atoms with Gasteiger partial charge in [0.15, 0.2) is 5.78 Å². The number of carbonyl (C=O) groups excluding carboxylic acids is 3. The maximum Gasteiger partial charge on any atom is 0.321 e. The van der Waals surface area contributed by atoms with E-state index in [1.54, 1.807) is 13.0 Å². The Morgan fingerprint density at radius 1 is 1.21 bits per heavy atom. The van der Waals surface area contributed by atoms with Gasteiger partial charge in [-0.15, -0.1) is 0 Å². The molecule has 0 aromatic carbocycles. The highest BCUT2D eigenvalue weighted by Crippen LogP contribution is 2.42. The van der Waals surface area contributed by atoms with Crippen molar-refractivity contribution < 1.29 is 19.1 Å². The summed E-state index contributed by atoms with van der Waals surface area (Å²) in [6.45, 7) is 9.48. The number of amides is 1. The van der Waals surface area contributed by atoms with Crippen LogP contribution in [0.25, 0.3) is 0 Å². The van der Waals surface area contributed by atoms with Crippen molar-refractivity contribution in [2.45, 2.75) is 46.5 Å². The Morgan fingerprint density at radius 2 is 1.88 bits per heavy atom. The summed E-state index contributed by atoms with van der Waals surface area (Å²) in [5, 5.41) is 2.59. The molecule has 5 heteroatoms. The second kappa shape index (κ2) is 9.21. The smallest absolute Gasteiger partial charge is 0.321 e. The Hall–Kier alpha value is -2.17. The molecule has 0 heterocycles. The standard InChI is InChI=1S/C19H27NO4/c1-5-15(9-8-14(3)4)12-16(21)13-20-17(22)19(10-7-11-19)18(23)24-6-2/h5,8-9H,1,6-7,10-13H2,2-4H3,(H,20,22)/b15-9+. The first-order chi connectivity index (χ1) is 11.4. The molecule has 0 saturated heterocycles. The van der Waals surface area contributed by atoms with Crippen molar-refractivity contribution in [3.05, 3.63) is 36.0 Å². The van der Waals surface area contributed by atoms with Gasteiger partial charge in [0.05, 0.1) is 13.2 Å². The summed E-state index contributed by atoms with van der Waals surface area (Å²) in [7, 11) is 0. The number of hydrogen-bond donors (Lipinski definition) is 1. The molecule has 0 aromatic heterocycles. The Bertz CT molecular complexity index is 564. The van der Waals surface area contributed by atoms with Gasteiger partial charge in [0.1, 0.15) is 5.41 Å². The number of carbonyl (C=O) groups is 3. The molecule has 0 aliphatic heterocycles. The van der Waals surface area contributed by atoms with Crippen LogP contribution in [0.4, 0.5) is 0 Å². The molecule has 0 unspecified atom stereocenters. The molecule has 1 aliphatic rings. The monoisotopic (exact) mass is 333 g/mol. The topological polar surface area (TPSA) is 72.5 Å². The van der Waals surface area contributed by atoms with E-state index < -0.39 is 17.3 Å². The van der Waals surface area contributed by atoms with Crippen LogP contribution in [-0.2, 0) is 19.1 Å². The van der Waals surface area contributed by atoms with E-state index in [0.717, 1.165) is 17.6 Å². The number of esters is 1. The van der Waals surface area contributed by atoms with Crippen molar-refractivity contribution in [2.75, 3.05) is 13.2 Å². The van der Waals surface area contributed by atoms with Crippen LogP contribution < -0.4 is 5.32 Å². The Balaban J connectivity index is 2.58. The van der Waals surface area contributed by atoms with Crippen LogP contribution in [0.2, 0.25) is 0 Å².